The summed E-state index contributed by atoms with van der Waals surface area (Å²) < 4.78 is 26.3. The van der Waals surface area contributed by atoms with Crippen molar-refractivity contribution >= 4 is 68.1 Å². The molecule has 0 bridgehead atoms. The van der Waals surface area contributed by atoms with E-state index in [2.05, 4.69) is 43.8 Å². The Labute approximate surface area is 222 Å². The first-order chi connectivity index (χ1) is 16.8. The number of rotatable bonds is 6. The summed E-state index contributed by atoms with van der Waals surface area (Å²) in [7, 11) is 1.48. The molecule has 3 aromatic carbocycles. The topological polar surface area (TPSA) is 84.9 Å². The maximum absolute atomic E-state index is 13.3. The van der Waals surface area contributed by atoms with E-state index in [1.54, 1.807) is 12.1 Å². The van der Waals surface area contributed by atoms with Crippen LogP contribution >= 0.6 is 38.5 Å². The minimum absolute atomic E-state index is 0.128. The van der Waals surface area contributed by atoms with Crippen molar-refractivity contribution < 1.29 is 28.2 Å². The Morgan fingerprint density at radius 3 is 2.37 bits per heavy atom. The number of ether oxygens (including phenoxy) is 2. The fraction of sp³-hybridized carbons (Fsp3) is 0.0800. The van der Waals surface area contributed by atoms with Gasteiger partial charge in [0, 0.05) is 8.04 Å². The van der Waals surface area contributed by atoms with Gasteiger partial charge in [0.1, 0.15) is 18.0 Å². The van der Waals surface area contributed by atoms with Crippen LogP contribution in [0.5, 0.6) is 11.5 Å². The summed E-state index contributed by atoms with van der Waals surface area (Å²) in [4.78, 5) is 38.6. The lowest BCUT2D eigenvalue weighted by molar-refractivity contribution is -0.122. The van der Waals surface area contributed by atoms with E-state index in [9.17, 15) is 18.8 Å². The molecule has 10 heteroatoms. The van der Waals surface area contributed by atoms with Gasteiger partial charge < -0.3 is 9.47 Å². The zero-order chi connectivity index (χ0) is 25.1. The number of nitrogens with zero attached hydrogens (tertiary/aromatic N) is 1. The van der Waals surface area contributed by atoms with Gasteiger partial charge in [-0.2, -0.15) is 0 Å². The Balaban J connectivity index is 1.63. The van der Waals surface area contributed by atoms with Crippen LogP contribution in [0.25, 0.3) is 6.08 Å². The number of carbonyl (C=O) groups is 3. The van der Waals surface area contributed by atoms with Crippen LogP contribution in [0.15, 0.2) is 70.7 Å². The van der Waals surface area contributed by atoms with Gasteiger partial charge in [-0.05, 0) is 88.3 Å². The number of imide groups is 2. The van der Waals surface area contributed by atoms with Crippen molar-refractivity contribution in [2.75, 3.05) is 12.0 Å². The van der Waals surface area contributed by atoms with Crippen molar-refractivity contribution in [2.24, 2.45) is 0 Å². The molecule has 3 aromatic rings. The van der Waals surface area contributed by atoms with Gasteiger partial charge in [-0.3, -0.25) is 14.9 Å². The van der Waals surface area contributed by atoms with Crippen LogP contribution < -0.4 is 19.7 Å². The van der Waals surface area contributed by atoms with Crippen LogP contribution in [0, 0.1) is 9.39 Å². The van der Waals surface area contributed by atoms with Gasteiger partial charge in [-0.25, -0.2) is 14.1 Å². The van der Waals surface area contributed by atoms with Crippen LogP contribution in [-0.2, 0) is 16.2 Å². The Bertz CT molecular complexity index is 1340. The Morgan fingerprint density at radius 1 is 1.03 bits per heavy atom. The largest absolute Gasteiger partial charge is 0.493 e. The van der Waals surface area contributed by atoms with Gasteiger partial charge in [0.15, 0.2) is 11.5 Å². The summed E-state index contributed by atoms with van der Waals surface area (Å²) in [6, 6.07) is 15.0. The fourth-order valence-electron chi connectivity index (χ4n) is 3.31. The quantitative estimate of drug-likeness (QED) is 0.218. The number of benzene rings is 3. The highest BCUT2D eigenvalue weighted by atomic mass is 127. The molecule has 0 atom stereocenters. The number of barbiturate groups is 1. The summed E-state index contributed by atoms with van der Waals surface area (Å²) in [5.41, 5.74) is 1.28. The number of hydrogen-bond donors (Lipinski definition) is 1. The number of halogens is 3. The van der Waals surface area contributed by atoms with Crippen LogP contribution in [0.4, 0.5) is 14.9 Å². The van der Waals surface area contributed by atoms with Gasteiger partial charge in [0.25, 0.3) is 11.8 Å². The summed E-state index contributed by atoms with van der Waals surface area (Å²) in [6.07, 6.45) is 1.34. The molecular weight excluding hydrogens is 634 g/mol. The average molecular weight is 651 g/mol. The number of hydrogen-bond acceptors (Lipinski definition) is 5. The normalized spacial score (nSPS) is 14.8. The monoisotopic (exact) mass is 650 g/mol. The van der Waals surface area contributed by atoms with Crippen LogP contribution in [0.1, 0.15) is 11.1 Å². The second-order valence-corrected chi connectivity index (χ2v) is 9.47. The van der Waals surface area contributed by atoms with E-state index in [1.165, 1.54) is 25.3 Å². The lowest BCUT2D eigenvalue weighted by Crippen LogP contribution is -2.54. The van der Waals surface area contributed by atoms with Gasteiger partial charge in [-0.15, -0.1) is 0 Å². The fourth-order valence-corrected chi connectivity index (χ4v) is 4.11. The van der Waals surface area contributed by atoms with Crippen molar-refractivity contribution in [1.82, 2.24) is 5.32 Å². The first kappa shape index (κ1) is 24.9. The summed E-state index contributed by atoms with van der Waals surface area (Å²) in [5, 5.41) is 2.14. The van der Waals surface area contributed by atoms with Crippen LogP contribution in [-0.4, -0.2) is 25.0 Å². The van der Waals surface area contributed by atoms with E-state index in [0.717, 1.165) is 26.2 Å². The van der Waals surface area contributed by atoms with E-state index < -0.39 is 23.7 Å². The lowest BCUT2D eigenvalue weighted by Gasteiger charge is -2.26. The van der Waals surface area contributed by atoms with E-state index >= 15 is 0 Å². The Hall–Kier alpha value is -3.25. The van der Waals surface area contributed by atoms with Gasteiger partial charge in [0.05, 0.1) is 12.8 Å². The van der Waals surface area contributed by atoms with Gasteiger partial charge in [-0.1, -0.05) is 28.1 Å². The maximum Gasteiger partial charge on any atom is 0.335 e. The minimum Gasteiger partial charge on any atom is -0.493 e. The number of methoxy groups -OCH3 is 1. The number of anilines is 1. The number of carbonyl (C=O) groups excluding carboxylic acids is 3. The lowest BCUT2D eigenvalue weighted by atomic mass is 10.1. The zero-order valence-corrected chi connectivity index (χ0v) is 21.9. The molecule has 0 saturated carbocycles. The predicted octanol–water partition coefficient (Wildman–Crippen LogP) is 5.45. The summed E-state index contributed by atoms with van der Waals surface area (Å²) in [6.45, 7) is 0.315. The Morgan fingerprint density at radius 2 is 1.71 bits per heavy atom. The standard InChI is InChI=1S/C25H17BrFIN2O5/c1-34-21-11-15(20(26)12-22(21)35-13-14-2-6-17(28)7-3-14)10-19-23(31)29-25(33)30(24(19)32)18-8-4-16(27)5-9-18/h2-12H,13H2,1H3,(H,29,31,33)/b19-10+. The molecule has 178 valence electrons. The van der Waals surface area contributed by atoms with Crippen molar-refractivity contribution in [2.45, 2.75) is 6.61 Å². The molecule has 1 saturated heterocycles. The molecule has 1 N–H and O–H groups in total. The molecule has 7 nitrogen and oxygen atoms in total. The van der Waals surface area contributed by atoms with E-state index in [1.807, 2.05) is 24.3 Å². The molecule has 0 radical (unpaired) electrons. The smallest absolute Gasteiger partial charge is 0.335 e. The van der Waals surface area contributed by atoms with Crippen molar-refractivity contribution in [3.8, 4) is 11.5 Å². The summed E-state index contributed by atoms with van der Waals surface area (Å²) >= 11 is 5.67. The SMILES string of the molecule is COc1cc(/C=C2\C(=O)NC(=O)N(c3ccc(F)cc3)C2=O)c(Br)cc1OCc1ccc(I)cc1. The van der Waals surface area contributed by atoms with Crippen molar-refractivity contribution in [3.63, 3.8) is 0 Å². The first-order valence-electron chi connectivity index (χ1n) is 10.2. The third-order valence-corrected chi connectivity index (χ3v) is 6.48. The number of amides is 4. The molecular formula is C25H17BrFIN2O5. The second-order valence-electron chi connectivity index (χ2n) is 7.37. The molecule has 0 unspecified atom stereocenters. The average Bonchev–Trinajstić information content (AvgIpc) is 2.83. The molecule has 0 aromatic heterocycles. The van der Waals surface area contributed by atoms with E-state index in [-0.39, 0.29) is 11.3 Å². The highest BCUT2D eigenvalue weighted by Gasteiger charge is 2.37. The van der Waals surface area contributed by atoms with Gasteiger partial charge >= 0.3 is 6.03 Å². The third-order valence-electron chi connectivity index (χ3n) is 5.08. The molecule has 35 heavy (non-hydrogen) atoms. The third kappa shape index (κ3) is 5.54. The van der Waals surface area contributed by atoms with Crippen molar-refractivity contribution in [1.29, 1.82) is 0 Å². The molecule has 0 aliphatic carbocycles. The zero-order valence-electron chi connectivity index (χ0n) is 18.2. The van der Waals surface area contributed by atoms with E-state index in [4.69, 9.17) is 9.47 Å². The van der Waals surface area contributed by atoms with Crippen molar-refractivity contribution in [3.05, 3.63) is 91.2 Å². The minimum atomic E-state index is -0.917. The number of urea groups is 1. The molecule has 1 fully saturated rings. The maximum atomic E-state index is 13.3. The Kier molecular flexibility index (Phi) is 7.51. The first-order valence-corrected chi connectivity index (χ1v) is 12.1. The molecule has 1 aliphatic heterocycles. The van der Waals surface area contributed by atoms with Gasteiger partial charge in [0.2, 0.25) is 0 Å². The molecule has 4 rings (SSSR count). The second kappa shape index (κ2) is 10.6. The van der Waals surface area contributed by atoms with Crippen LogP contribution in [0.3, 0.4) is 0 Å². The molecule has 1 aliphatic rings. The molecule has 0 spiro atoms. The number of nitrogens with one attached hydrogen (secondary N) is 1. The highest BCUT2D eigenvalue weighted by Crippen LogP contribution is 2.35. The molecule has 1 heterocycles. The van der Waals surface area contributed by atoms with E-state index in [0.29, 0.717) is 28.1 Å². The summed E-state index contributed by atoms with van der Waals surface area (Å²) in [5.74, 6) is -1.35. The predicted molar refractivity (Wildman–Crippen MR) is 140 cm³/mol. The highest BCUT2D eigenvalue weighted by molar-refractivity contribution is 14.1. The van der Waals surface area contributed by atoms with Crippen LogP contribution in [0.2, 0.25) is 0 Å². The molecule has 4 amide bonds.